The molecule has 0 aliphatic rings. The fourth-order valence-electron chi connectivity index (χ4n) is 8.56. The third kappa shape index (κ3) is 5.70. The Balaban J connectivity index is 1.16. The topological polar surface area (TPSA) is 34.0 Å². The normalized spacial score (nSPS) is 11.4. The summed E-state index contributed by atoms with van der Waals surface area (Å²) >= 11 is 0. The standard InChI is InChI=1S/C54H36N4/c1-4-18-41(19-5-1)57(42-20-6-2-7-21-42)51-35-39(54-55-36-40-17-11-15-27-49(40)56-54)29-31-47(51)46-26-14-13-24-44(46)38-28-32-48-52(34-38)58(43-22-8-3-9-23-43)50-33-30-37-16-10-12-25-45(37)53(48)50/h1-36H. The van der Waals surface area contributed by atoms with Crippen LogP contribution in [0, 0.1) is 0 Å². The first-order valence-corrected chi connectivity index (χ1v) is 19.7. The third-order valence-electron chi connectivity index (χ3n) is 11.2. The minimum absolute atomic E-state index is 0.688. The van der Waals surface area contributed by atoms with E-state index in [-0.39, 0.29) is 0 Å². The highest BCUT2D eigenvalue weighted by molar-refractivity contribution is 6.21. The van der Waals surface area contributed by atoms with Crippen LogP contribution in [-0.4, -0.2) is 14.5 Å². The lowest BCUT2D eigenvalue weighted by atomic mass is 9.91. The molecule has 0 unspecified atom stereocenters. The van der Waals surface area contributed by atoms with Gasteiger partial charge in [0.1, 0.15) is 0 Å². The number of hydrogen-bond acceptors (Lipinski definition) is 3. The van der Waals surface area contributed by atoms with Crippen molar-refractivity contribution in [2.24, 2.45) is 0 Å². The number of benzene rings is 9. The van der Waals surface area contributed by atoms with Gasteiger partial charge in [-0.05, 0) is 88.1 Å². The van der Waals surface area contributed by atoms with E-state index in [0.29, 0.717) is 5.82 Å². The summed E-state index contributed by atoms with van der Waals surface area (Å²) < 4.78 is 2.42. The van der Waals surface area contributed by atoms with Gasteiger partial charge in [0.15, 0.2) is 5.82 Å². The van der Waals surface area contributed by atoms with Gasteiger partial charge in [-0.3, -0.25) is 0 Å². The summed E-state index contributed by atoms with van der Waals surface area (Å²) in [4.78, 5) is 12.2. The van der Waals surface area contributed by atoms with Gasteiger partial charge >= 0.3 is 0 Å². The third-order valence-corrected chi connectivity index (χ3v) is 11.2. The molecule has 0 saturated heterocycles. The highest BCUT2D eigenvalue weighted by atomic mass is 15.1. The van der Waals surface area contributed by atoms with Crippen LogP contribution in [0.3, 0.4) is 0 Å². The van der Waals surface area contributed by atoms with Gasteiger partial charge in [0, 0.05) is 50.5 Å². The zero-order valence-electron chi connectivity index (χ0n) is 31.6. The molecule has 0 aliphatic heterocycles. The average molecular weight is 741 g/mol. The zero-order valence-corrected chi connectivity index (χ0v) is 31.6. The Hall–Kier alpha value is -7.82. The van der Waals surface area contributed by atoms with E-state index in [1.165, 1.54) is 32.6 Å². The molecule has 0 spiro atoms. The van der Waals surface area contributed by atoms with Gasteiger partial charge in [0.05, 0.1) is 22.2 Å². The molecule has 0 fully saturated rings. The van der Waals surface area contributed by atoms with Gasteiger partial charge in [0.25, 0.3) is 0 Å². The second-order valence-corrected chi connectivity index (χ2v) is 14.6. The molecule has 0 atom stereocenters. The largest absolute Gasteiger partial charge is 0.310 e. The van der Waals surface area contributed by atoms with Gasteiger partial charge in [-0.2, -0.15) is 0 Å². The maximum absolute atomic E-state index is 5.03. The molecule has 11 rings (SSSR count). The van der Waals surface area contributed by atoms with E-state index >= 15 is 0 Å². The molecule has 9 aromatic carbocycles. The van der Waals surface area contributed by atoms with Crippen LogP contribution in [0.4, 0.5) is 17.1 Å². The Labute approximate surface area is 336 Å². The predicted molar refractivity (Wildman–Crippen MR) is 242 cm³/mol. The van der Waals surface area contributed by atoms with E-state index in [4.69, 9.17) is 9.97 Å². The van der Waals surface area contributed by atoms with Crippen LogP contribution in [0.15, 0.2) is 219 Å². The fourth-order valence-corrected chi connectivity index (χ4v) is 8.56. The van der Waals surface area contributed by atoms with Crippen molar-refractivity contribution in [2.75, 3.05) is 4.90 Å². The molecular formula is C54H36N4. The van der Waals surface area contributed by atoms with E-state index in [9.17, 15) is 0 Å². The number of aromatic nitrogens is 3. The Bertz CT molecular complexity index is 3240. The lowest BCUT2D eigenvalue weighted by Gasteiger charge is -2.29. The lowest BCUT2D eigenvalue weighted by molar-refractivity contribution is 1.18. The molecule has 0 amide bonds. The average Bonchev–Trinajstić information content (AvgIpc) is 3.64. The second kappa shape index (κ2) is 14.0. The molecule has 11 aromatic rings. The maximum Gasteiger partial charge on any atom is 0.159 e. The molecule has 2 heterocycles. The molecule has 2 aromatic heterocycles. The van der Waals surface area contributed by atoms with Crippen LogP contribution >= 0.6 is 0 Å². The van der Waals surface area contributed by atoms with Gasteiger partial charge in [0.2, 0.25) is 0 Å². The van der Waals surface area contributed by atoms with Crippen molar-refractivity contribution in [1.29, 1.82) is 0 Å². The molecule has 0 N–H and O–H groups in total. The summed E-state index contributed by atoms with van der Waals surface area (Å²) in [6.07, 6.45) is 1.92. The molecule has 4 nitrogen and oxygen atoms in total. The summed E-state index contributed by atoms with van der Waals surface area (Å²) in [5, 5.41) is 6.02. The highest BCUT2D eigenvalue weighted by Crippen LogP contribution is 2.46. The van der Waals surface area contributed by atoms with Crippen molar-refractivity contribution in [1.82, 2.24) is 14.5 Å². The highest BCUT2D eigenvalue weighted by Gasteiger charge is 2.22. The SMILES string of the molecule is c1ccc(N(c2ccccc2)c2cc(-c3ncc4ccccc4n3)ccc2-c2ccccc2-c2ccc3c4c5ccccc5ccc4n(-c4ccccc4)c3c2)cc1. The number of hydrogen-bond donors (Lipinski definition) is 0. The Morgan fingerprint density at radius 3 is 1.83 bits per heavy atom. The van der Waals surface area contributed by atoms with Crippen LogP contribution in [0.2, 0.25) is 0 Å². The Kier molecular flexibility index (Phi) is 8.11. The van der Waals surface area contributed by atoms with Crippen LogP contribution in [0.25, 0.3) is 82.8 Å². The number of nitrogens with zero attached hydrogens (tertiary/aromatic N) is 4. The maximum atomic E-state index is 5.03. The molecule has 58 heavy (non-hydrogen) atoms. The van der Waals surface area contributed by atoms with Gasteiger partial charge < -0.3 is 9.47 Å². The summed E-state index contributed by atoms with van der Waals surface area (Å²) in [5.74, 6) is 0.688. The number of anilines is 3. The summed E-state index contributed by atoms with van der Waals surface area (Å²) in [5.41, 5.74) is 13.0. The van der Waals surface area contributed by atoms with Gasteiger partial charge in [-0.15, -0.1) is 0 Å². The lowest BCUT2D eigenvalue weighted by Crippen LogP contribution is -2.11. The Morgan fingerprint density at radius 2 is 1.05 bits per heavy atom. The first kappa shape index (κ1) is 33.5. The van der Waals surface area contributed by atoms with Gasteiger partial charge in [-0.25, -0.2) is 9.97 Å². The monoisotopic (exact) mass is 740 g/mol. The van der Waals surface area contributed by atoms with Crippen molar-refractivity contribution in [3.05, 3.63) is 219 Å². The number of rotatable bonds is 7. The molecule has 4 heteroatoms. The van der Waals surface area contributed by atoms with Crippen molar-refractivity contribution in [2.45, 2.75) is 0 Å². The number of para-hydroxylation sites is 4. The first-order valence-electron chi connectivity index (χ1n) is 19.7. The van der Waals surface area contributed by atoms with E-state index < -0.39 is 0 Å². The molecule has 0 aliphatic carbocycles. The molecule has 0 saturated carbocycles. The minimum atomic E-state index is 0.688. The van der Waals surface area contributed by atoms with E-state index in [2.05, 4.69) is 204 Å². The van der Waals surface area contributed by atoms with Crippen molar-refractivity contribution >= 4 is 60.5 Å². The molecular weight excluding hydrogens is 705 g/mol. The van der Waals surface area contributed by atoms with Crippen molar-refractivity contribution in [3.63, 3.8) is 0 Å². The smallest absolute Gasteiger partial charge is 0.159 e. The van der Waals surface area contributed by atoms with Crippen molar-refractivity contribution < 1.29 is 0 Å². The molecule has 272 valence electrons. The van der Waals surface area contributed by atoms with Crippen molar-refractivity contribution in [3.8, 4) is 39.3 Å². The van der Waals surface area contributed by atoms with Crippen LogP contribution in [0.1, 0.15) is 0 Å². The fraction of sp³-hybridized carbons (Fsp3) is 0. The van der Waals surface area contributed by atoms with E-state index in [0.717, 1.165) is 61.5 Å². The van der Waals surface area contributed by atoms with Crippen LogP contribution < -0.4 is 4.90 Å². The van der Waals surface area contributed by atoms with E-state index in [1.807, 2.05) is 24.4 Å². The van der Waals surface area contributed by atoms with Crippen LogP contribution in [0.5, 0.6) is 0 Å². The summed E-state index contributed by atoms with van der Waals surface area (Å²) in [6.45, 7) is 0. The van der Waals surface area contributed by atoms with Gasteiger partial charge in [-0.1, -0.05) is 152 Å². The van der Waals surface area contributed by atoms with Crippen LogP contribution in [-0.2, 0) is 0 Å². The predicted octanol–water partition coefficient (Wildman–Crippen LogP) is 14.4. The first-order chi connectivity index (χ1) is 28.8. The number of fused-ring (bicyclic) bond motifs is 6. The second-order valence-electron chi connectivity index (χ2n) is 14.6. The summed E-state index contributed by atoms with van der Waals surface area (Å²) in [6, 6.07) is 75.7. The summed E-state index contributed by atoms with van der Waals surface area (Å²) in [7, 11) is 0. The zero-order chi connectivity index (χ0) is 38.4. The minimum Gasteiger partial charge on any atom is -0.310 e. The Morgan fingerprint density at radius 1 is 0.414 bits per heavy atom. The quantitative estimate of drug-likeness (QED) is 0.163. The molecule has 0 bridgehead atoms. The molecule has 0 radical (unpaired) electrons. The van der Waals surface area contributed by atoms with E-state index in [1.54, 1.807) is 0 Å².